The first-order chi connectivity index (χ1) is 10.3. The Kier molecular flexibility index (Phi) is 4.77. The minimum Gasteiger partial charge on any atom is -0.298 e. The van der Waals surface area contributed by atoms with Gasteiger partial charge in [0.05, 0.1) is 7.11 Å². The van der Waals surface area contributed by atoms with Crippen LogP contribution in [-0.4, -0.2) is 49.3 Å². The quantitative estimate of drug-likeness (QED) is 0.800. The lowest BCUT2D eigenvalue weighted by atomic mass is 9.85. The van der Waals surface area contributed by atoms with Gasteiger partial charge in [0.15, 0.2) is 5.41 Å². The van der Waals surface area contributed by atoms with Crippen LogP contribution in [0.15, 0.2) is 30.3 Å². The highest BCUT2D eigenvalue weighted by Crippen LogP contribution is 2.47. The summed E-state index contributed by atoms with van der Waals surface area (Å²) >= 11 is 0. The van der Waals surface area contributed by atoms with Gasteiger partial charge < -0.3 is 0 Å². The molecule has 1 heterocycles. The molecule has 0 saturated carbocycles. The highest BCUT2D eigenvalue weighted by atomic mass is 19.4. The van der Waals surface area contributed by atoms with Crippen LogP contribution in [0.4, 0.5) is 13.2 Å². The largest absolute Gasteiger partial charge is 0.404 e. The van der Waals surface area contributed by atoms with Gasteiger partial charge in [0.25, 0.3) is 5.91 Å². The molecule has 0 bridgehead atoms. The van der Waals surface area contributed by atoms with Gasteiger partial charge in [-0.25, -0.2) is 5.06 Å². The van der Waals surface area contributed by atoms with E-state index in [1.807, 2.05) is 30.3 Å². The Morgan fingerprint density at radius 3 is 2.55 bits per heavy atom. The zero-order chi connectivity index (χ0) is 16.4. The summed E-state index contributed by atoms with van der Waals surface area (Å²) in [6.07, 6.45) is -4.86. The Bertz CT molecular complexity index is 521. The van der Waals surface area contributed by atoms with Crippen molar-refractivity contribution in [2.45, 2.75) is 19.1 Å². The van der Waals surface area contributed by atoms with Crippen molar-refractivity contribution in [3.63, 3.8) is 0 Å². The molecule has 0 radical (unpaired) electrons. The number of carbonyl (C=O) groups excluding carboxylic acids is 1. The monoisotopic (exact) mass is 316 g/mol. The summed E-state index contributed by atoms with van der Waals surface area (Å²) in [5, 5.41) is 0.666. The van der Waals surface area contributed by atoms with Crippen molar-refractivity contribution in [2.24, 2.45) is 5.41 Å². The van der Waals surface area contributed by atoms with Gasteiger partial charge in [-0.1, -0.05) is 30.3 Å². The number of rotatable bonds is 4. The summed E-state index contributed by atoms with van der Waals surface area (Å²) < 4.78 is 40.6. The lowest BCUT2D eigenvalue weighted by Crippen LogP contribution is -2.52. The summed E-state index contributed by atoms with van der Waals surface area (Å²) in [5.41, 5.74) is -1.47. The van der Waals surface area contributed by atoms with Gasteiger partial charge in [-0.2, -0.15) is 13.2 Å². The van der Waals surface area contributed by atoms with E-state index >= 15 is 0 Å². The van der Waals surface area contributed by atoms with Gasteiger partial charge in [-0.15, -0.1) is 0 Å². The molecule has 0 aromatic heterocycles. The fourth-order valence-electron chi connectivity index (χ4n) is 2.78. The van der Waals surface area contributed by atoms with Crippen molar-refractivity contribution >= 4 is 5.91 Å². The fourth-order valence-corrected chi connectivity index (χ4v) is 2.78. The molecule has 1 fully saturated rings. The van der Waals surface area contributed by atoms with Crippen LogP contribution in [0.3, 0.4) is 0 Å². The van der Waals surface area contributed by atoms with E-state index in [2.05, 4.69) is 4.84 Å². The zero-order valence-corrected chi connectivity index (χ0v) is 12.6. The summed E-state index contributed by atoms with van der Waals surface area (Å²) in [5.74, 6) is -1.04. The van der Waals surface area contributed by atoms with Gasteiger partial charge in [0, 0.05) is 20.1 Å². The Hall–Kier alpha value is -1.60. The molecule has 1 atom stereocenters. The second-order valence-electron chi connectivity index (χ2n) is 5.51. The van der Waals surface area contributed by atoms with Gasteiger partial charge in [-0.05, 0) is 18.5 Å². The molecule has 1 saturated heterocycles. The SMILES string of the molecule is CON(C)C(=O)[C@]1(C(F)(F)F)CCN(Cc2ccccc2)C1. The van der Waals surface area contributed by atoms with Gasteiger partial charge in [-0.3, -0.25) is 14.5 Å². The number of hydroxylamine groups is 2. The molecular weight excluding hydrogens is 297 g/mol. The molecule has 4 nitrogen and oxygen atoms in total. The minimum atomic E-state index is -4.61. The number of halogens is 3. The molecule has 1 amide bonds. The summed E-state index contributed by atoms with van der Waals surface area (Å²) in [6, 6.07) is 9.25. The van der Waals surface area contributed by atoms with Crippen molar-refractivity contribution in [1.29, 1.82) is 0 Å². The maximum Gasteiger partial charge on any atom is 0.404 e. The van der Waals surface area contributed by atoms with E-state index in [4.69, 9.17) is 0 Å². The summed E-state index contributed by atoms with van der Waals surface area (Å²) in [6.45, 7) is 0.262. The number of carbonyl (C=O) groups is 1. The first-order valence-corrected chi connectivity index (χ1v) is 6.95. The number of amides is 1. The van der Waals surface area contributed by atoms with E-state index in [0.29, 0.717) is 11.6 Å². The third kappa shape index (κ3) is 3.10. The van der Waals surface area contributed by atoms with Gasteiger partial charge in [0.2, 0.25) is 0 Å². The standard InChI is InChI=1S/C15H19F3N2O2/c1-19(22-2)13(21)14(15(16,17)18)8-9-20(11-14)10-12-6-4-3-5-7-12/h3-7H,8-11H2,1-2H3/t14-/m0/s1. The van der Waals surface area contributed by atoms with E-state index in [1.54, 1.807) is 4.90 Å². The number of alkyl halides is 3. The molecule has 1 aliphatic rings. The molecule has 1 aliphatic heterocycles. The maximum atomic E-state index is 13.5. The number of likely N-dealkylation sites (tertiary alicyclic amines) is 1. The second kappa shape index (κ2) is 6.26. The number of hydrogen-bond acceptors (Lipinski definition) is 3. The minimum absolute atomic E-state index is 0.220. The lowest BCUT2D eigenvalue weighted by molar-refractivity contribution is -0.239. The van der Waals surface area contributed by atoms with Crippen LogP contribution in [0, 0.1) is 5.41 Å². The molecule has 0 aliphatic carbocycles. The molecule has 1 aromatic rings. The van der Waals surface area contributed by atoms with E-state index in [-0.39, 0.29) is 19.5 Å². The highest BCUT2D eigenvalue weighted by molar-refractivity contribution is 5.83. The molecule has 0 unspecified atom stereocenters. The zero-order valence-electron chi connectivity index (χ0n) is 12.6. The number of nitrogens with zero attached hydrogens (tertiary/aromatic N) is 2. The van der Waals surface area contributed by atoms with Crippen molar-refractivity contribution < 1.29 is 22.8 Å². The van der Waals surface area contributed by atoms with E-state index in [9.17, 15) is 18.0 Å². The molecule has 122 valence electrons. The smallest absolute Gasteiger partial charge is 0.298 e. The molecule has 2 rings (SSSR count). The normalized spacial score (nSPS) is 22.8. The summed E-state index contributed by atoms with van der Waals surface area (Å²) in [4.78, 5) is 18.5. The van der Waals surface area contributed by atoms with Crippen LogP contribution in [0.5, 0.6) is 0 Å². The van der Waals surface area contributed by atoms with E-state index in [1.165, 1.54) is 14.2 Å². The maximum absolute atomic E-state index is 13.5. The first kappa shape index (κ1) is 16.8. The van der Waals surface area contributed by atoms with Crippen LogP contribution in [0.25, 0.3) is 0 Å². The Labute approximate surface area is 127 Å². The summed E-state index contributed by atoms with van der Waals surface area (Å²) in [7, 11) is 2.38. The topological polar surface area (TPSA) is 32.8 Å². The second-order valence-corrected chi connectivity index (χ2v) is 5.51. The predicted molar refractivity (Wildman–Crippen MR) is 74.6 cm³/mol. The Balaban J connectivity index is 2.18. The van der Waals surface area contributed by atoms with Crippen LogP contribution in [-0.2, 0) is 16.2 Å². The molecular formula is C15H19F3N2O2. The molecule has 22 heavy (non-hydrogen) atoms. The average Bonchev–Trinajstić information content (AvgIpc) is 2.91. The molecule has 0 spiro atoms. The van der Waals surface area contributed by atoms with Crippen LogP contribution in [0.1, 0.15) is 12.0 Å². The predicted octanol–water partition coefficient (Wildman–Crippen LogP) is 2.46. The Morgan fingerprint density at radius 2 is 2.00 bits per heavy atom. The van der Waals surface area contributed by atoms with E-state index in [0.717, 1.165) is 5.56 Å². The number of hydrogen-bond donors (Lipinski definition) is 0. The van der Waals surface area contributed by atoms with Gasteiger partial charge >= 0.3 is 6.18 Å². The molecule has 0 N–H and O–H groups in total. The number of benzene rings is 1. The highest BCUT2D eigenvalue weighted by Gasteiger charge is 2.64. The van der Waals surface area contributed by atoms with Crippen LogP contribution >= 0.6 is 0 Å². The van der Waals surface area contributed by atoms with Crippen molar-refractivity contribution in [2.75, 3.05) is 27.2 Å². The van der Waals surface area contributed by atoms with Gasteiger partial charge in [0.1, 0.15) is 0 Å². The molecule has 7 heteroatoms. The van der Waals surface area contributed by atoms with Crippen LogP contribution in [0.2, 0.25) is 0 Å². The van der Waals surface area contributed by atoms with Crippen molar-refractivity contribution in [1.82, 2.24) is 9.96 Å². The third-order valence-electron chi connectivity index (χ3n) is 4.11. The Morgan fingerprint density at radius 1 is 1.36 bits per heavy atom. The first-order valence-electron chi connectivity index (χ1n) is 6.95. The molecule has 1 aromatic carbocycles. The average molecular weight is 316 g/mol. The van der Waals surface area contributed by atoms with E-state index < -0.39 is 17.5 Å². The van der Waals surface area contributed by atoms with Crippen molar-refractivity contribution in [3.8, 4) is 0 Å². The fraction of sp³-hybridized carbons (Fsp3) is 0.533. The lowest BCUT2D eigenvalue weighted by Gasteiger charge is -2.33. The van der Waals surface area contributed by atoms with Crippen LogP contribution < -0.4 is 0 Å². The van der Waals surface area contributed by atoms with Crippen molar-refractivity contribution in [3.05, 3.63) is 35.9 Å². The third-order valence-corrected chi connectivity index (χ3v) is 4.11.